The molecule has 4 heteroatoms. The van der Waals surface area contributed by atoms with Gasteiger partial charge in [-0.15, -0.1) is 22.7 Å². The fourth-order valence-electron chi connectivity index (χ4n) is 3.73. The van der Waals surface area contributed by atoms with E-state index < -0.39 is 0 Å². The number of halogens is 1. The number of unbranched alkanes of at least 4 members (excludes halogenated alkanes) is 12. The maximum Gasteiger partial charge on any atom is 0.170 e. The molecule has 152 valence electrons. The Bertz CT molecular complexity index is 686. The van der Waals surface area contributed by atoms with Gasteiger partial charge in [0.25, 0.3) is 0 Å². The van der Waals surface area contributed by atoms with Crippen molar-refractivity contribution in [3.63, 3.8) is 0 Å². The van der Waals surface area contributed by atoms with Gasteiger partial charge in [0.15, 0.2) is 5.78 Å². The van der Waals surface area contributed by atoms with Crippen LogP contribution in [0.4, 0.5) is 0 Å². The van der Waals surface area contributed by atoms with Gasteiger partial charge in [-0.2, -0.15) is 0 Å². The zero-order chi connectivity index (χ0) is 19.5. The van der Waals surface area contributed by atoms with E-state index in [9.17, 15) is 4.79 Å². The minimum Gasteiger partial charge on any atom is -0.294 e. The van der Waals surface area contributed by atoms with E-state index in [0.717, 1.165) is 15.8 Å². The predicted molar refractivity (Wildman–Crippen MR) is 127 cm³/mol. The van der Waals surface area contributed by atoms with Crippen LogP contribution in [0.1, 0.15) is 113 Å². The van der Waals surface area contributed by atoms with Crippen LogP contribution in [0.2, 0.25) is 0 Å². The molecule has 0 radical (unpaired) electrons. The monoisotopic (exact) mass is 470 g/mol. The summed E-state index contributed by atoms with van der Waals surface area (Å²) in [6.45, 7) is 3.99. The number of aryl methyl sites for hydroxylation is 1. The van der Waals surface area contributed by atoms with Crippen LogP contribution in [0.25, 0.3) is 9.40 Å². The van der Waals surface area contributed by atoms with Crippen LogP contribution >= 0.6 is 38.6 Å². The Morgan fingerprint density at radius 1 is 0.852 bits per heavy atom. The van der Waals surface area contributed by atoms with E-state index in [4.69, 9.17) is 0 Å². The summed E-state index contributed by atoms with van der Waals surface area (Å²) in [4.78, 5) is 13.0. The van der Waals surface area contributed by atoms with Crippen molar-refractivity contribution < 1.29 is 4.79 Å². The Kier molecular flexibility index (Phi) is 11.2. The van der Waals surface area contributed by atoms with E-state index in [2.05, 4.69) is 28.2 Å². The lowest BCUT2D eigenvalue weighted by molar-refractivity contribution is 0.102. The van der Waals surface area contributed by atoms with Gasteiger partial charge in [-0.1, -0.05) is 84.0 Å². The van der Waals surface area contributed by atoms with Crippen LogP contribution in [0.5, 0.6) is 0 Å². The average Bonchev–Trinajstić information content (AvgIpc) is 3.19. The number of ketones is 1. The molecule has 0 spiro atoms. The molecule has 0 aromatic carbocycles. The molecular formula is C23H35BrOS2. The molecule has 0 saturated carbocycles. The van der Waals surface area contributed by atoms with Gasteiger partial charge in [0, 0.05) is 9.85 Å². The summed E-state index contributed by atoms with van der Waals surface area (Å²) in [7, 11) is 0. The summed E-state index contributed by atoms with van der Waals surface area (Å²) >= 11 is 7.06. The minimum atomic E-state index is 0.222. The first kappa shape index (κ1) is 23.1. The van der Waals surface area contributed by atoms with Crippen LogP contribution < -0.4 is 0 Å². The van der Waals surface area contributed by atoms with Crippen molar-refractivity contribution in [2.45, 2.75) is 104 Å². The quantitative estimate of drug-likeness (QED) is 0.187. The first-order chi connectivity index (χ1) is 13.1. The second-order valence-corrected chi connectivity index (χ2v) is 10.5. The van der Waals surface area contributed by atoms with Gasteiger partial charge in [-0.3, -0.25) is 4.79 Å². The summed E-state index contributed by atoms with van der Waals surface area (Å²) in [6.07, 6.45) is 19.0. The first-order valence-corrected chi connectivity index (χ1v) is 13.3. The molecule has 2 aromatic rings. The molecule has 0 aliphatic carbocycles. The van der Waals surface area contributed by atoms with E-state index >= 15 is 0 Å². The van der Waals surface area contributed by atoms with E-state index in [0.29, 0.717) is 0 Å². The molecule has 0 aliphatic rings. The highest BCUT2D eigenvalue weighted by atomic mass is 79.9. The topological polar surface area (TPSA) is 17.1 Å². The Morgan fingerprint density at radius 3 is 1.89 bits per heavy atom. The molecule has 0 aliphatic heterocycles. The van der Waals surface area contributed by atoms with Crippen molar-refractivity contribution in [3.05, 3.63) is 20.3 Å². The first-order valence-electron chi connectivity index (χ1n) is 10.8. The SMILES string of the molecule is CCCCCCCCCCCCCCCc1c(C(C)=O)sc2c(Br)csc12. The number of thiophene rings is 2. The van der Waals surface area contributed by atoms with Crippen molar-refractivity contribution in [2.24, 2.45) is 0 Å². The van der Waals surface area contributed by atoms with Gasteiger partial charge in [0.05, 0.1) is 14.3 Å². The van der Waals surface area contributed by atoms with Crippen molar-refractivity contribution >= 4 is 53.8 Å². The summed E-state index contributed by atoms with van der Waals surface area (Å²) in [5.41, 5.74) is 1.31. The van der Waals surface area contributed by atoms with Crippen LogP contribution in [0, 0.1) is 0 Å². The number of carbonyl (C=O) groups excluding carboxylic acids is 1. The molecule has 0 N–H and O–H groups in total. The maximum absolute atomic E-state index is 12.0. The van der Waals surface area contributed by atoms with Crippen LogP contribution in [-0.2, 0) is 6.42 Å². The lowest BCUT2D eigenvalue weighted by Gasteiger charge is -2.04. The fraction of sp³-hybridized carbons (Fsp3) is 0.696. The third-order valence-corrected chi connectivity index (χ3v) is 9.03. The van der Waals surface area contributed by atoms with E-state index in [1.807, 2.05) is 0 Å². The molecular weight excluding hydrogens is 436 g/mol. The van der Waals surface area contributed by atoms with Gasteiger partial charge in [-0.05, 0) is 41.3 Å². The van der Waals surface area contributed by atoms with Crippen LogP contribution in [0.3, 0.4) is 0 Å². The summed E-state index contributed by atoms with van der Waals surface area (Å²) in [5.74, 6) is 0.222. The van der Waals surface area contributed by atoms with Gasteiger partial charge < -0.3 is 0 Å². The number of fused-ring (bicyclic) bond motifs is 1. The zero-order valence-electron chi connectivity index (χ0n) is 17.1. The molecule has 0 amide bonds. The predicted octanol–water partition coefficient (Wildman–Crippen LogP) is 9.56. The zero-order valence-corrected chi connectivity index (χ0v) is 20.3. The summed E-state index contributed by atoms with van der Waals surface area (Å²) < 4.78 is 3.73. The third kappa shape index (κ3) is 7.62. The molecule has 0 unspecified atom stereocenters. The molecule has 2 aromatic heterocycles. The van der Waals surface area contributed by atoms with Gasteiger partial charge in [-0.25, -0.2) is 0 Å². The fourth-order valence-corrected chi connectivity index (χ4v) is 6.94. The lowest BCUT2D eigenvalue weighted by atomic mass is 10.0. The molecule has 0 saturated heterocycles. The Labute approximate surface area is 182 Å². The normalized spacial score (nSPS) is 11.5. The molecule has 27 heavy (non-hydrogen) atoms. The van der Waals surface area contributed by atoms with Crippen molar-refractivity contribution in [3.8, 4) is 0 Å². The highest BCUT2D eigenvalue weighted by Gasteiger charge is 2.18. The Hall–Kier alpha value is -0.190. The molecule has 2 rings (SSSR count). The van der Waals surface area contributed by atoms with E-state index in [1.54, 1.807) is 29.6 Å². The summed E-state index contributed by atoms with van der Waals surface area (Å²) in [6, 6.07) is 0. The number of hydrogen-bond donors (Lipinski definition) is 0. The van der Waals surface area contributed by atoms with Crippen molar-refractivity contribution in [2.75, 3.05) is 0 Å². The minimum absolute atomic E-state index is 0.222. The van der Waals surface area contributed by atoms with Crippen molar-refractivity contribution in [1.29, 1.82) is 0 Å². The molecule has 0 atom stereocenters. The second-order valence-electron chi connectivity index (χ2n) is 7.70. The highest BCUT2D eigenvalue weighted by Crippen LogP contribution is 2.41. The van der Waals surface area contributed by atoms with Gasteiger partial charge in [0.1, 0.15) is 0 Å². The smallest absolute Gasteiger partial charge is 0.170 e. The van der Waals surface area contributed by atoms with Gasteiger partial charge >= 0.3 is 0 Å². The number of rotatable bonds is 15. The van der Waals surface area contributed by atoms with E-state index in [1.165, 1.54) is 98.4 Å². The molecule has 0 fully saturated rings. The van der Waals surface area contributed by atoms with Crippen LogP contribution in [-0.4, -0.2) is 5.78 Å². The van der Waals surface area contributed by atoms with Crippen molar-refractivity contribution in [1.82, 2.24) is 0 Å². The molecule has 0 bridgehead atoms. The standard InChI is InChI=1S/C23H35BrOS2/c1-3-4-5-6-7-8-9-10-11-12-13-14-15-16-19-21(18(2)25)27-23-20(24)17-26-22(19)23/h17H,3-16H2,1-2H3. The Morgan fingerprint density at radius 2 is 1.37 bits per heavy atom. The van der Waals surface area contributed by atoms with Crippen LogP contribution in [0.15, 0.2) is 9.85 Å². The molecule has 1 nitrogen and oxygen atoms in total. The number of Topliss-reactive ketones (excluding diaryl/α,β-unsaturated/α-hetero) is 1. The largest absolute Gasteiger partial charge is 0.294 e. The van der Waals surface area contributed by atoms with Gasteiger partial charge in [0.2, 0.25) is 0 Å². The maximum atomic E-state index is 12.0. The lowest BCUT2D eigenvalue weighted by Crippen LogP contribution is -1.95. The Balaban J connectivity index is 1.57. The van der Waals surface area contributed by atoms with E-state index in [-0.39, 0.29) is 5.78 Å². The second kappa shape index (κ2) is 13.1. The molecule has 2 heterocycles. The number of carbonyl (C=O) groups is 1. The summed E-state index contributed by atoms with van der Waals surface area (Å²) in [5, 5.41) is 2.15. The highest BCUT2D eigenvalue weighted by molar-refractivity contribution is 9.10. The third-order valence-electron chi connectivity index (χ3n) is 5.31. The average molecular weight is 472 g/mol. The number of hydrogen-bond acceptors (Lipinski definition) is 3.